The van der Waals surface area contributed by atoms with Gasteiger partial charge in [0.25, 0.3) is 0 Å². The molecule has 0 aliphatic carbocycles. The molecule has 4 heterocycles. The van der Waals surface area contributed by atoms with E-state index in [1.54, 1.807) is 6.20 Å². The number of nitrogens with one attached hydrogen (secondary N) is 1. The van der Waals surface area contributed by atoms with Gasteiger partial charge in [0.1, 0.15) is 10.3 Å². The molecule has 160 valence electrons. The minimum atomic E-state index is -4.07. The van der Waals surface area contributed by atoms with Crippen LogP contribution in [0.25, 0.3) is 33.1 Å². The maximum absolute atomic E-state index is 12.9. The van der Waals surface area contributed by atoms with Crippen molar-refractivity contribution in [2.24, 2.45) is 5.92 Å². The number of H-pyrrole nitrogens is 1. The highest BCUT2D eigenvalue weighted by Gasteiger charge is 2.40. The first-order valence-electron chi connectivity index (χ1n) is 10.2. The van der Waals surface area contributed by atoms with Gasteiger partial charge in [-0.3, -0.25) is 4.90 Å². The first kappa shape index (κ1) is 20.5. The van der Waals surface area contributed by atoms with Gasteiger partial charge < -0.3 is 4.98 Å². The maximum Gasteiger partial charge on any atom is 0.391 e. The number of likely N-dealkylation sites (tertiary alicyclic amines) is 1. The number of fused-ring (bicyclic) bond motifs is 3. The first-order valence-corrected chi connectivity index (χ1v) is 11.0. The highest BCUT2D eigenvalue weighted by molar-refractivity contribution is 9.10. The number of pyridine rings is 2. The van der Waals surface area contributed by atoms with Crippen molar-refractivity contribution in [3.05, 3.63) is 59.0 Å². The topological polar surface area (TPSA) is 44.8 Å². The van der Waals surface area contributed by atoms with Crippen molar-refractivity contribution in [2.45, 2.75) is 25.6 Å². The lowest BCUT2D eigenvalue weighted by Gasteiger charge is -2.32. The van der Waals surface area contributed by atoms with E-state index in [4.69, 9.17) is 0 Å². The molecule has 0 amide bonds. The van der Waals surface area contributed by atoms with Gasteiger partial charge in [-0.05, 0) is 65.1 Å². The lowest BCUT2D eigenvalue weighted by Crippen LogP contribution is -2.38. The van der Waals surface area contributed by atoms with Gasteiger partial charge in [-0.15, -0.1) is 0 Å². The largest absolute Gasteiger partial charge is 0.391 e. The van der Waals surface area contributed by atoms with Crippen LogP contribution in [0.1, 0.15) is 18.4 Å². The van der Waals surface area contributed by atoms with Gasteiger partial charge in [0.2, 0.25) is 0 Å². The standard InChI is InChI=1S/C23H20BrF3N4/c24-21-10-18-19-9-16(11-29-22(19)30-20(18)12-28-21)15-3-1-14(2-4-15)13-31-7-5-17(6-8-31)23(25,26)27/h1-4,9-12,17H,5-8,13H2,(H,29,30). The average Bonchev–Trinajstić information content (AvgIpc) is 3.11. The lowest BCUT2D eigenvalue weighted by atomic mass is 9.96. The zero-order valence-electron chi connectivity index (χ0n) is 16.6. The Morgan fingerprint density at radius 3 is 2.42 bits per heavy atom. The maximum atomic E-state index is 12.9. The second-order valence-corrected chi connectivity index (χ2v) is 8.90. The van der Waals surface area contributed by atoms with E-state index in [9.17, 15) is 13.2 Å². The molecule has 0 unspecified atom stereocenters. The molecule has 0 saturated carbocycles. The summed E-state index contributed by atoms with van der Waals surface area (Å²) in [7, 11) is 0. The summed E-state index contributed by atoms with van der Waals surface area (Å²) in [6.07, 6.45) is -0.0719. The minimum Gasteiger partial charge on any atom is -0.338 e. The summed E-state index contributed by atoms with van der Waals surface area (Å²) in [5.74, 6) is -1.16. The number of alkyl halides is 3. The van der Waals surface area contributed by atoms with E-state index in [2.05, 4.69) is 41.8 Å². The van der Waals surface area contributed by atoms with Crippen LogP contribution in [-0.4, -0.2) is 39.1 Å². The molecule has 1 aliphatic rings. The van der Waals surface area contributed by atoms with E-state index in [0.717, 1.165) is 43.2 Å². The molecular weight excluding hydrogens is 469 g/mol. The number of hydrogen-bond acceptors (Lipinski definition) is 3. The molecule has 0 atom stereocenters. The summed E-state index contributed by atoms with van der Waals surface area (Å²) in [5.41, 5.74) is 4.92. The highest BCUT2D eigenvalue weighted by atomic mass is 79.9. The van der Waals surface area contributed by atoms with E-state index >= 15 is 0 Å². The molecule has 1 fully saturated rings. The fourth-order valence-corrected chi connectivity index (χ4v) is 4.62. The van der Waals surface area contributed by atoms with Gasteiger partial charge in [0.15, 0.2) is 0 Å². The minimum absolute atomic E-state index is 0.184. The Labute approximate surface area is 185 Å². The molecule has 8 heteroatoms. The van der Waals surface area contributed by atoms with Crippen LogP contribution >= 0.6 is 15.9 Å². The Kier molecular flexibility index (Phi) is 5.22. The van der Waals surface area contributed by atoms with Crippen molar-refractivity contribution in [3.8, 4) is 11.1 Å². The molecular formula is C23H20BrF3N4. The van der Waals surface area contributed by atoms with Crippen LogP contribution in [0.5, 0.6) is 0 Å². The fraction of sp³-hybridized carbons (Fsp3) is 0.304. The molecule has 31 heavy (non-hydrogen) atoms. The quantitative estimate of drug-likeness (QED) is 0.343. The molecule has 4 aromatic rings. The van der Waals surface area contributed by atoms with Crippen LogP contribution in [0.4, 0.5) is 13.2 Å². The molecule has 1 N–H and O–H groups in total. The molecule has 1 aliphatic heterocycles. The number of benzene rings is 1. The third-order valence-corrected chi connectivity index (χ3v) is 6.48. The third-order valence-electron chi connectivity index (χ3n) is 6.05. The molecule has 0 spiro atoms. The lowest BCUT2D eigenvalue weighted by molar-refractivity contribution is -0.185. The monoisotopic (exact) mass is 488 g/mol. The van der Waals surface area contributed by atoms with Gasteiger partial charge in [-0.25, -0.2) is 9.97 Å². The Morgan fingerprint density at radius 1 is 0.968 bits per heavy atom. The number of nitrogens with zero attached hydrogens (tertiary/aromatic N) is 3. The van der Waals surface area contributed by atoms with Crippen LogP contribution < -0.4 is 0 Å². The SMILES string of the molecule is FC(F)(F)C1CCN(Cc2ccc(-c3cnc4[nH]c5cnc(Br)cc5c4c3)cc2)CC1. The van der Waals surface area contributed by atoms with Crippen LogP contribution in [0.3, 0.4) is 0 Å². The molecule has 0 radical (unpaired) electrons. The first-order chi connectivity index (χ1) is 14.9. The van der Waals surface area contributed by atoms with Crippen LogP contribution in [0.15, 0.2) is 53.4 Å². The van der Waals surface area contributed by atoms with E-state index in [1.807, 2.05) is 36.5 Å². The number of piperidine rings is 1. The van der Waals surface area contributed by atoms with Crippen molar-refractivity contribution in [1.82, 2.24) is 19.9 Å². The van der Waals surface area contributed by atoms with Gasteiger partial charge in [-0.2, -0.15) is 13.2 Å². The number of halogens is 4. The summed E-state index contributed by atoms with van der Waals surface area (Å²) >= 11 is 3.42. The zero-order valence-corrected chi connectivity index (χ0v) is 18.2. The predicted octanol–water partition coefficient (Wildman–Crippen LogP) is 6.31. The van der Waals surface area contributed by atoms with Crippen molar-refractivity contribution in [1.29, 1.82) is 0 Å². The Balaban J connectivity index is 1.32. The molecule has 3 aromatic heterocycles. The number of aromatic amines is 1. The van der Waals surface area contributed by atoms with Crippen LogP contribution in [-0.2, 0) is 6.54 Å². The fourth-order valence-electron chi connectivity index (χ4n) is 4.29. The van der Waals surface area contributed by atoms with E-state index in [1.165, 1.54) is 0 Å². The van der Waals surface area contributed by atoms with Crippen LogP contribution in [0, 0.1) is 5.92 Å². The van der Waals surface area contributed by atoms with Gasteiger partial charge in [0.05, 0.1) is 17.6 Å². The Bertz CT molecular complexity index is 1230. The summed E-state index contributed by atoms with van der Waals surface area (Å²) in [5, 5.41) is 2.09. The van der Waals surface area contributed by atoms with Gasteiger partial charge in [0, 0.05) is 29.1 Å². The average molecular weight is 489 g/mol. The second kappa shape index (κ2) is 7.91. The molecule has 0 bridgehead atoms. The molecule has 1 saturated heterocycles. The normalized spacial score (nSPS) is 16.4. The second-order valence-electron chi connectivity index (χ2n) is 8.09. The predicted molar refractivity (Wildman–Crippen MR) is 119 cm³/mol. The van der Waals surface area contributed by atoms with E-state index in [-0.39, 0.29) is 12.8 Å². The van der Waals surface area contributed by atoms with E-state index < -0.39 is 12.1 Å². The molecule has 1 aromatic carbocycles. The van der Waals surface area contributed by atoms with Crippen molar-refractivity contribution in [3.63, 3.8) is 0 Å². The van der Waals surface area contributed by atoms with E-state index in [0.29, 0.717) is 19.6 Å². The summed E-state index contributed by atoms with van der Waals surface area (Å²) in [6.45, 7) is 1.64. The molecule has 5 rings (SSSR count). The van der Waals surface area contributed by atoms with Gasteiger partial charge >= 0.3 is 6.18 Å². The highest BCUT2D eigenvalue weighted by Crippen LogP contribution is 2.34. The van der Waals surface area contributed by atoms with Crippen molar-refractivity contribution < 1.29 is 13.2 Å². The zero-order chi connectivity index (χ0) is 21.6. The Morgan fingerprint density at radius 2 is 1.71 bits per heavy atom. The van der Waals surface area contributed by atoms with Crippen molar-refractivity contribution >= 4 is 37.9 Å². The molecule has 4 nitrogen and oxygen atoms in total. The summed E-state index contributed by atoms with van der Waals surface area (Å²) in [6, 6.07) is 12.3. The third kappa shape index (κ3) is 4.19. The Hall–Kier alpha value is -2.45. The van der Waals surface area contributed by atoms with Gasteiger partial charge in [-0.1, -0.05) is 24.3 Å². The summed E-state index contributed by atoms with van der Waals surface area (Å²) < 4.78 is 39.3. The number of aromatic nitrogens is 3. The number of hydrogen-bond donors (Lipinski definition) is 1. The summed E-state index contributed by atoms with van der Waals surface area (Å²) in [4.78, 5) is 14.2. The van der Waals surface area contributed by atoms with Crippen molar-refractivity contribution in [2.75, 3.05) is 13.1 Å². The smallest absolute Gasteiger partial charge is 0.338 e. The van der Waals surface area contributed by atoms with Crippen LogP contribution in [0.2, 0.25) is 0 Å². The number of rotatable bonds is 3.